The number of aliphatic hydroxyl groups is 1. The summed E-state index contributed by atoms with van der Waals surface area (Å²) in [7, 11) is 1.87. The third-order valence-corrected chi connectivity index (χ3v) is 5.40. The van der Waals surface area contributed by atoms with Gasteiger partial charge in [0.2, 0.25) is 0 Å². The fourth-order valence-electron chi connectivity index (χ4n) is 3.59. The molecular formula is C23H18Cl2FN2O-. The second-order valence-electron chi connectivity index (χ2n) is 6.85. The smallest absolute Gasteiger partial charge is 0.132 e. The molecule has 0 radical (unpaired) electrons. The standard InChI is InChI=1S/C23H18Cl2FN2O/c1-28-13-19(18-9-8-17(25)11-20(18)26)21(23(29)15-3-2-10-27-12-15)22(28)14-4-6-16(24)7-5-14/h2-9,11-13,23,29H,10H2,1H3/q-1. The highest BCUT2D eigenvalue weighted by molar-refractivity contribution is 6.31. The van der Waals surface area contributed by atoms with E-state index in [9.17, 15) is 9.50 Å². The molecule has 0 bridgehead atoms. The highest BCUT2D eigenvalue weighted by Crippen LogP contribution is 2.42. The van der Waals surface area contributed by atoms with E-state index in [2.05, 4.69) is 5.32 Å². The first-order valence-electron chi connectivity index (χ1n) is 9.07. The average molecular weight is 428 g/mol. The van der Waals surface area contributed by atoms with Gasteiger partial charge in [0.15, 0.2) is 0 Å². The molecule has 1 aliphatic heterocycles. The average Bonchev–Trinajstić information content (AvgIpc) is 3.05. The van der Waals surface area contributed by atoms with Crippen LogP contribution in [0.25, 0.3) is 27.7 Å². The fourth-order valence-corrected chi connectivity index (χ4v) is 3.88. The van der Waals surface area contributed by atoms with Crippen LogP contribution in [-0.4, -0.2) is 16.2 Å². The SMILES string of the molecule is Cn1cc(-c2ccc(Cl)cc2F)c(C(O)C2=C[N-]CC=C2)c1-c1ccc(Cl)cc1. The molecule has 0 amide bonds. The van der Waals surface area contributed by atoms with Gasteiger partial charge in [0.1, 0.15) is 11.9 Å². The number of hydrogen-bond acceptors (Lipinski definition) is 1. The summed E-state index contributed by atoms with van der Waals surface area (Å²) in [5.41, 5.74) is 3.86. The molecule has 0 fully saturated rings. The van der Waals surface area contributed by atoms with Gasteiger partial charge < -0.3 is 15.0 Å². The Bertz CT molecular complexity index is 1120. The zero-order valence-electron chi connectivity index (χ0n) is 15.6. The van der Waals surface area contributed by atoms with Crippen molar-refractivity contribution in [1.82, 2.24) is 4.57 Å². The van der Waals surface area contributed by atoms with Crippen LogP contribution in [0.5, 0.6) is 0 Å². The van der Waals surface area contributed by atoms with Gasteiger partial charge in [-0.25, -0.2) is 4.39 Å². The number of benzene rings is 2. The Morgan fingerprint density at radius 1 is 1.07 bits per heavy atom. The topological polar surface area (TPSA) is 39.3 Å². The zero-order valence-corrected chi connectivity index (χ0v) is 17.1. The lowest BCUT2D eigenvalue weighted by atomic mass is 9.91. The van der Waals surface area contributed by atoms with Gasteiger partial charge in [-0.15, -0.1) is 12.6 Å². The molecule has 2 heterocycles. The van der Waals surface area contributed by atoms with Crippen LogP contribution >= 0.6 is 23.2 Å². The van der Waals surface area contributed by atoms with Crippen LogP contribution in [0.15, 0.2) is 72.6 Å². The molecule has 0 saturated heterocycles. The molecular weight excluding hydrogens is 410 g/mol. The van der Waals surface area contributed by atoms with Crippen molar-refractivity contribution in [3.05, 3.63) is 99.3 Å². The summed E-state index contributed by atoms with van der Waals surface area (Å²) in [4.78, 5) is 0. The molecule has 6 heteroatoms. The molecule has 1 aliphatic rings. The van der Waals surface area contributed by atoms with E-state index in [1.165, 1.54) is 6.07 Å². The maximum Gasteiger partial charge on any atom is 0.132 e. The molecule has 2 aromatic carbocycles. The van der Waals surface area contributed by atoms with Crippen molar-refractivity contribution in [3.63, 3.8) is 0 Å². The first kappa shape index (κ1) is 19.8. The third kappa shape index (κ3) is 3.84. The number of aryl methyl sites for hydroxylation is 1. The summed E-state index contributed by atoms with van der Waals surface area (Å²) >= 11 is 12.0. The molecule has 29 heavy (non-hydrogen) atoms. The van der Waals surface area contributed by atoms with Crippen LogP contribution in [-0.2, 0) is 7.05 Å². The van der Waals surface area contributed by atoms with E-state index in [1.807, 2.05) is 42.1 Å². The Morgan fingerprint density at radius 3 is 2.45 bits per heavy atom. The summed E-state index contributed by atoms with van der Waals surface area (Å²) in [5.74, 6) is -0.447. The minimum Gasteiger partial charge on any atom is -0.687 e. The van der Waals surface area contributed by atoms with E-state index in [0.717, 1.165) is 11.3 Å². The number of rotatable bonds is 4. The van der Waals surface area contributed by atoms with E-state index < -0.39 is 11.9 Å². The predicted octanol–water partition coefficient (Wildman–Crippen LogP) is 6.67. The normalized spacial score (nSPS) is 14.4. The Hall–Kier alpha value is -2.53. The van der Waals surface area contributed by atoms with Gasteiger partial charge in [0.05, 0.1) is 5.69 Å². The number of aromatic nitrogens is 1. The summed E-state index contributed by atoms with van der Waals surface area (Å²) in [6.45, 7) is 0.577. The van der Waals surface area contributed by atoms with E-state index in [0.29, 0.717) is 38.9 Å². The highest BCUT2D eigenvalue weighted by Gasteiger charge is 2.26. The van der Waals surface area contributed by atoms with Crippen LogP contribution in [0.1, 0.15) is 11.7 Å². The van der Waals surface area contributed by atoms with Crippen molar-refractivity contribution in [2.75, 3.05) is 6.54 Å². The van der Waals surface area contributed by atoms with Gasteiger partial charge in [-0.2, -0.15) is 6.20 Å². The van der Waals surface area contributed by atoms with Crippen molar-refractivity contribution in [3.8, 4) is 22.4 Å². The number of hydrogen-bond donors (Lipinski definition) is 1. The highest BCUT2D eigenvalue weighted by atomic mass is 35.5. The van der Waals surface area contributed by atoms with Crippen molar-refractivity contribution in [1.29, 1.82) is 0 Å². The molecule has 1 N–H and O–H groups in total. The fraction of sp³-hybridized carbons (Fsp3) is 0.130. The van der Waals surface area contributed by atoms with Gasteiger partial charge in [0, 0.05) is 40.0 Å². The van der Waals surface area contributed by atoms with Crippen molar-refractivity contribution in [2.45, 2.75) is 6.10 Å². The van der Waals surface area contributed by atoms with Gasteiger partial charge in [-0.1, -0.05) is 41.4 Å². The lowest BCUT2D eigenvalue weighted by Crippen LogP contribution is -2.05. The number of halogens is 3. The Kier molecular flexibility index (Phi) is 5.50. The van der Waals surface area contributed by atoms with Crippen molar-refractivity contribution in [2.24, 2.45) is 7.05 Å². The summed E-state index contributed by atoms with van der Waals surface area (Å²) < 4.78 is 16.7. The van der Waals surface area contributed by atoms with Crippen LogP contribution in [0, 0.1) is 5.82 Å². The molecule has 3 nitrogen and oxygen atoms in total. The monoisotopic (exact) mass is 427 g/mol. The van der Waals surface area contributed by atoms with Gasteiger partial charge in [0.25, 0.3) is 0 Å². The first-order chi connectivity index (χ1) is 14.0. The minimum atomic E-state index is -0.979. The second-order valence-corrected chi connectivity index (χ2v) is 7.72. The molecule has 1 unspecified atom stereocenters. The molecule has 4 rings (SSSR count). The molecule has 0 spiro atoms. The van der Waals surface area contributed by atoms with E-state index in [-0.39, 0.29) is 0 Å². The first-order valence-corrected chi connectivity index (χ1v) is 9.83. The zero-order chi connectivity index (χ0) is 20.5. The molecule has 0 saturated carbocycles. The molecule has 1 aromatic heterocycles. The summed E-state index contributed by atoms with van der Waals surface area (Å²) in [5, 5.41) is 16.4. The molecule has 1 atom stereocenters. The lowest BCUT2D eigenvalue weighted by Gasteiger charge is -2.24. The summed E-state index contributed by atoms with van der Waals surface area (Å²) in [6.07, 6.45) is 6.22. The van der Waals surface area contributed by atoms with Crippen molar-refractivity contribution < 1.29 is 9.50 Å². The van der Waals surface area contributed by atoms with E-state index >= 15 is 0 Å². The maximum absolute atomic E-state index is 14.8. The number of aliphatic hydroxyl groups excluding tert-OH is 1. The Labute approximate surface area is 178 Å². The molecule has 3 aromatic rings. The lowest BCUT2D eigenvalue weighted by molar-refractivity contribution is 0.220. The minimum absolute atomic E-state index is 0.318. The van der Waals surface area contributed by atoms with Gasteiger partial charge in [-0.05, 0) is 41.5 Å². The molecule has 148 valence electrons. The van der Waals surface area contributed by atoms with Crippen LogP contribution in [0.3, 0.4) is 0 Å². The van der Waals surface area contributed by atoms with Crippen molar-refractivity contribution >= 4 is 23.2 Å². The second kappa shape index (κ2) is 8.07. The van der Waals surface area contributed by atoms with Gasteiger partial charge >= 0.3 is 0 Å². The third-order valence-electron chi connectivity index (χ3n) is 4.91. The van der Waals surface area contributed by atoms with Crippen LogP contribution in [0.4, 0.5) is 4.39 Å². The predicted molar refractivity (Wildman–Crippen MR) is 117 cm³/mol. The van der Waals surface area contributed by atoms with Crippen LogP contribution < -0.4 is 0 Å². The maximum atomic E-state index is 14.8. The van der Waals surface area contributed by atoms with Crippen LogP contribution in [0.2, 0.25) is 10.0 Å². The summed E-state index contributed by atoms with van der Waals surface area (Å²) in [6, 6.07) is 11.9. The Balaban J connectivity index is 1.96. The number of nitrogens with zero attached hydrogens (tertiary/aromatic N) is 2. The quantitative estimate of drug-likeness (QED) is 0.496. The molecule has 0 aliphatic carbocycles. The van der Waals surface area contributed by atoms with E-state index in [4.69, 9.17) is 23.2 Å². The Morgan fingerprint density at radius 2 is 1.79 bits per heavy atom. The van der Waals surface area contributed by atoms with E-state index in [1.54, 1.807) is 30.5 Å². The largest absolute Gasteiger partial charge is 0.687 e. The van der Waals surface area contributed by atoms with Gasteiger partial charge in [-0.3, -0.25) is 0 Å².